The molecule has 1 aliphatic rings. The molecule has 3 aromatic rings. The first-order valence-corrected chi connectivity index (χ1v) is 9.03. The minimum Gasteiger partial charge on any atom is -0.378 e. The third-order valence-corrected chi connectivity index (χ3v) is 4.94. The van der Waals surface area contributed by atoms with Gasteiger partial charge in [0, 0.05) is 23.0 Å². The molecule has 130 valence electrons. The Labute approximate surface area is 154 Å². The zero-order valence-electron chi connectivity index (χ0n) is 14.8. The third kappa shape index (κ3) is 3.08. The van der Waals surface area contributed by atoms with Crippen LogP contribution in [0.15, 0.2) is 84.9 Å². The second-order valence-electron chi connectivity index (χ2n) is 6.75. The van der Waals surface area contributed by atoms with Gasteiger partial charge in [-0.2, -0.15) is 0 Å². The fourth-order valence-corrected chi connectivity index (χ4v) is 3.71. The summed E-state index contributed by atoms with van der Waals surface area (Å²) in [4.78, 5) is 15.1. The highest BCUT2D eigenvalue weighted by Gasteiger charge is 2.33. The molecule has 1 aliphatic heterocycles. The minimum atomic E-state index is 0.0590. The fraction of sp³-hybridized carbons (Fsp3) is 0.174. The number of rotatable bonds is 3. The van der Waals surface area contributed by atoms with E-state index in [1.54, 1.807) is 0 Å². The van der Waals surface area contributed by atoms with E-state index in [1.165, 1.54) is 5.56 Å². The first-order chi connectivity index (χ1) is 12.7. The molecule has 26 heavy (non-hydrogen) atoms. The van der Waals surface area contributed by atoms with Crippen molar-refractivity contribution < 1.29 is 4.79 Å². The van der Waals surface area contributed by atoms with Crippen molar-refractivity contribution in [3.63, 3.8) is 0 Å². The quantitative estimate of drug-likeness (QED) is 0.702. The van der Waals surface area contributed by atoms with Crippen molar-refractivity contribution >= 4 is 17.3 Å². The van der Waals surface area contributed by atoms with Gasteiger partial charge in [0.25, 0.3) is 5.91 Å². The minimum absolute atomic E-state index is 0.0590. The maximum absolute atomic E-state index is 13.1. The maximum Gasteiger partial charge on any atom is 0.258 e. The van der Waals surface area contributed by atoms with Gasteiger partial charge in [0.05, 0.1) is 6.04 Å². The molecule has 1 amide bonds. The van der Waals surface area contributed by atoms with Gasteiger partial charge in [-0.15, -0.1) is 0 Å². The Balaban J connectivity index is 1.69. The van der Waals surface area contributed by atoms with Gasteiger partial charge in [-0.3, -0.25) is 4.79 Å². The molecule has 4 rings (SSSR count). The summed E-state index contributed by atoms with van der Waals surface area (Å²) in [7, 11) is 0. The van der Waals surface area contributed by atoms with Gasteiger partial charge >= 0.3 is 0 Å². The lowest BCUT2D eigenvalue weighted by Crippen LogP contribution is -2.44. The van der Waals surface area contributed by atoms with E-state index >= 15 is 0 Å². The van der Waals surface area contributed by atoms with E-state index < -0.39 is 0 Å². The van der Waals surface area contributed by atoms with Crippen molar-refractivity contribution in [3.05, 3.63) is 96.1 Å². The second kappa shape index (κ2) is 7.04. The highest BCUT2D eigenvalue weighted by Crippen LogP contribution is 2.39. The van der Waals surface area contributed by atoms with Crippen molar-refractivity contribution in [2.24, 2.45) is 0 Å². The predicted molar refractivity (Wildman–Crippen MR) is 107 cm³/mol. The molecule has 0 fully saturated rings. The first-order valence-electron chi connectivity index (χ1n) is 9.03. The normalized spacial score (nSPS) is 18.9. The van der Waals surface area contributed by atoms with Crippen LogP contribution in [0.25, 0.3) is 0 Å². The van der Waals surface area contributed by atoms with Crippen LogP contribution in [-0.2, 0) is 0 Å². The summed E-state index contributed by atoms with van der Waals surface area (Å²) in [6.45, 7) is 2.12. The summed E-state index contributed by atoms with van der Waals surface area (Å²) in [5.41, 5.74) is 3.98. The number of nitrogens with zero attached hydrogens (tertiary/aromatic N) is 1. The number of hydrogen-bond acceptors (Lipinski definition) is 2. The molecule has 3 aromatic carbocycles. The fourth-order valence-electron chi connectivity index (χ4n) is 3.71. The summed E-state index contributed by atoms with van der Waals surface area (Å²) < 4.78 is 0. The van der Waals surface area contributed by atoms with Crippen LogP contribution in [0.5, 0.6) is 0 Å². The molecule has 0 spiro atoms. The van der Waals surface area contributed by atoms with Crippen LogP contribution in [0.1, 0.15) is 35.3 Å². The van der Waals surface area contributed by atoms with Crippen molar-refractivity contribution in [1.29, 1.82) is 0 Å². The zero-order valence-corrected chi connectivity index (χ0v) is 14.8. The molecule has 1 N–H and O–H groups in total. The Morgan fingerprint density at radius 1 is 0.885 bits per heavy atom. The lowest BCUT2D eigenvalue weighted by atomic mass is 9.90. The van der Waals surface area contributed by atoms with E-state index in [4.69, 9.17) is 0 Å². The largest absolute Gasteiger partial charge is 0.378 e. The second-order valence-corrected chi connectivity index (χ2v) is 6.75. The van der Waals surface area contributed by atoms with E-state index in [2.05, 4.69) is 30.4 Å². The maximum atomic E-state index is 13.1. The Morgan fingerprint density at radius 3 is 2.23 bits per heavy atom. The predicted octanol–water partition coefficient (Wildman–Crippen LogP) is 5.28. The molecule has 3 heteroatoms. The third-order valence-electron chi connectivity index (χ3n) is 4.94. The number of fused-ring (bicyclic) bond motifs is 1. The van der Waals surface area contributed by atoms with Crippen LogP contribution < -0.4 is 10.2 Å². The van der Waals surface area contributed by atoms with Gasteiger partial charge in [0.1, 0.15) is 0 Å². The molecule has 0 radical (unpaired) electrons. The Kier molecular flexibility index (Phi) is 4.44. The van der Waals surface area contributed by atoms with E-state index in [0.29, 0.717) is 0 Å². The van der Waals surface area contributed by atoms with Gasteiger partial charge in [-0.25, -0.2) is 0 Å². The SMILES string of the molecule is C[C@@H]1C[C@@H](Nc2ccccc2)c2ccccc2N1C(=O)c1ccccc1. The van der Waals surface area contributed by atoms with Crippen LogP contribution in [0.2, 0.25) is 0 Å². The average Bonchev–Trinajstić information content (AvgIpc) is 2.69. The molecule has 0 aromatic heterocycles. The van der Waals surface area contributed by atoms with Crippen molar-refractivity contribution in [2.75, 3.05) is 10.2 Å². The highest BCUT2D eigenvalue weighted by molar-refractivity contribution is 6.07. The van der Waals surface area contributed by atoms with Crippen molar-refractivity contribution in [2.45, 2.75) is 25.4 Å². The zero-order chi connectivity index (χ0) is 17.9. The molecular weight excluding hydrogens is 320 g/mol. The van der Waals surface area contributed by atoms with Gasteiger partial charge in [-0.1, -0.05) is 54.6 Å². The number of carbonyl (C=O) groups is 1. The molecule has 0 saturated carbocycles. The van der Waals surface area contributed by atoms with Gasteiger partial charge < -0.3 is 10.2 Å². The molecule has 0 unspecified atom stereocenters. The van der Waals surface area contributed by atoms with Crippen LogP contribution in [0.3, 0.4) is 0 Å². The molecule has 0 bridgehead atoms. The standard InChI is InChI=1S/C23H22N2O/c1-17-16-21(24-19-12-6-3-7-13-19)20-14-8-9-15-22(20)25(17)23(26)18-10-4-2-5-11-18/h2-15,17,21,24H,16H2,1H3/t17-,21-/m1/s1. The summed E-state index contributed by atoms with van der Waals surface area (Å²) in [6, 6.07) is 28.3. The van der Waals surface area contributed by atoms with Crippen molar-refractivity contribution in [1.82, 2.24) is 0 Å². The monoisotopic (exact) mass is 342 g/mol. The number of hydrogen-bond donors (Lipinski definition) is 1. The van der Waals surface area contributed by atoms with Crippen LogP contribution >= 0.6 is 0 Å². The summed E-state index contributed by atoms with van der Waals surface area (Å²) in [5.74, 6) is 0.0590. The molecule has 1 heterocycles. The smallest absolute Gasteiger partial charge is 0.258 e. The number of nitrogens with one attached hydrogen (secondary N) is 1. The number of para-hydroxylation sites is 2. The topological polar surface area (TPSA) is 32.3 Å². The number of anilines is 2. The van der Waals surface area contributed by atoms with Gasteiger partial charge in [0.15, 0.2) is 0 Å². The van der Waals surface area contributed by atoms with Gasteiger partial charge in [0.2, 0.25) is 0 Å². The number of carbonyl (C=O) groups excluding carboxylic acids is 1. The summed E-state index contributed by atoms with van der Waals surface area (Å²) >= 11 is 0. The molecular formula is C23H22N2O. The Bertz CT molecular complexity index is 892. The van der Waals surface area contributed by atoms with E-state index in [0.717, 1.165) is 23.4 Å². The molecule has 3 nitrogen and oxygen atoms in total. The Hall–Kier alpha value is -3.07. The lowest BCUT2D eigenvalue weighted by molar-refractivity contribution is 0.0974. The van der Waals surface area contributed by atoms with Gasteiger partial charge in [-0.05, 0) is 49.2 Å². The molecule has 0 aliphatic carbocycles. The summed E-state index contributed by atoms with van der Waals surface area (Å²) in [6.07, 6.45) is 0.866. The highest BCUT2D eigenvalue weighted by atomic mass is 16.2. The van der Waals surface area contributed by atoms with E-state index in [1.807, 2.05) is 71.6 Å². The average molecular weight is 342 g/mol. The van der Waals surface area contributed by atoms with Crippen LogP contribution in [0, 0.1) is 0 Å². The van der Waals surface area contributed by atoms with E-state index in [-0.39, 0.29) is 18.0 Å². The number of amides is 1. The number of benzene rings is 3. The van der Waals surface area contributed by atoms with Crippen LogP contribution in [-0.4, -0.2) is 11.9 Å². The van der Waals surface area contributed by atoms with Crippen molar-refractivity contribution in [3.8, 4) is 0 Å². The Morgan fingerprint density at radius 2 is 1.50 bits per heavy atom. The summed E-state index contributed by atoms with van der Waals surface area (Å²) in [5, 5.41) is 3.63. The lowest BCUT2D eigenvalue weighted by Gasteiger charge is -2.40. The van der Waals surface area contributed by atoms with Crippen LogP contribution in [0.4, 0.5) is 11.4 Å². The molecule has 2 atom stereocenters. The van der Waals surface area contributed by atoms with E-state index in [9.17, 15) is 4.79 Å². The molecule has 0 saturated heterocycles. The first kappa shape index (κ1) is 16.4.